The molecule has 0 saturated carbocycles. The Balaban J connectivity index is 1.79. The molecule has 0 saturated heterocycles. The molecule has 2 aromatic rings. The van der Waals surface area contributed by atoms with E-state index in [0.717, 1.165) is 5.56 Å². The van der Waals surface area contributed by atoms with Crippen LogP contribution in [-0.4, -0.2) is 30.1 Å². The molecule has 0 aliphatic carbocycles. The molecule has 0 fully saturated rings. The molecule has 0 bridgehead atoms. The lowest BCUT2D eigenvalue weighted by Crippen LogP contribution is -2.30. The number of hydrogen-bond donors (Lipinski definition) is 2. The van der Waals surface area contributed by atoms with E-state index in [4.69, 9.17) is 21.1 Å². The molecule has 9 heteroatoms. The van der Waals surface area contributed by atoms with Gasteiger partial charge >= 0.3 is 0 Å². The van der Waals surface area contributed by atoms with Gasteiger partial charge in [0.15, 0.2) is 11.5 Å². The first-order valence-electron chi connectivity index (χ1n) is 8.76. The second kappa shape index (κ2) is 8.35. The van der Waals surface area contributed by atoms with Crippen molar-refractivity contribution >= 4 is 28.9 Å². The Bertz CT molecular complexity index is 917. The molecule has 0 aromatic heterocycles. The summed E-state index contributed by atoms with van der Waals surface area (Å²) in [5.41, 5.74) is 1.13. The van der Waals surface area contributed by atoms with Crippen molar-refractivity contribution in [2.45, 2.75) is 26.4 Å². The predicted molar refractivity (Wildman–Crippen MR) is 105 cm³/mol. The Labute approximate surface area is 166 Å². The highest BCUT2D eigenvalue weighted by Crippen LogP contribution is 2.38. The topological polar surface area (TPSA) is 103 Å². The van der Waals surface area contributed by atoms with Gasteiger partial charge in [-0.05, 0) is 43.7 Å². The van der Waals surface area contributed by atoms with Gasteiger partial charge in [-0.2, -0.15) is 0 Å². The Morgan fingerprint density at radius 2 is 2.00 bits per heavy atom. The van der Waals surface area contributed by atoms with Crippen LogP contribution in [0.3, 0.4) is 0 Å². The molecule has 3 rings (SSSR count). The van der Waals surface area contributed by atoms with Gasteiger partial charge in [-0.1, -0.05) is 11.6 Å². The summed E-state index contributed by atoms with van der Waals surface area (Å²) in [5.74, 6) is 0.692. The van der Waals surface area contributed by atoms with Gasteiger partial charge in [-0.15, -0.1) is 0 Å². The van der Waals surface area contributed by atoms with E-state index in [1.54, 1.807) is 18.2 Å². The first-order valence-corrected chi connectivity index (χ1v) is 9.14. The zero-order valence-corrected chi connectivity index (χ0v) is 16.2. The average molecular weight is 406 g/mol. The maximum absolute atomic E-state index is 12.1. The number of ether oxygens (including phenoxy) is 2. The minimum atomic E-state index is -0.523. The minimum Gasteiger partial charge on any atom is -0.486 e. The maximum atomic E-state index is 12.1. The number of carbonyl (C=O) groups is 1. The molecule has 1 aliphatic rings. The second-order valence-electron chi connectivity index (χ2n) is 6.57. The number of rotatable bonds is 6. The number of fused-ring (bicyclic) bond motifs is 1. The number of benzene rings is 2. The van der Waals surface area contributed by atoms with Gasteiger partial charge < -0.3 is 20.1 Å². The zero-order chi connectivity index (χ0) is 20.3. The fraction of sp³-hybridized carbons (Fsp3) is 0.316. The number of halogens is 1. The summed E-state index contributed by atoms with van der Waals surface area (Å²) in [5, 5.41) is 17.6. The van der Waals surface area contributed by atoms with Gasteiger partial charge in [0.05, 0.1) is 9.95 Å². The van der Waals surface area contributed by atoms with Gasteiger partial charge in [0, 0.05) is 24.2 Å². The summed E-state index contributed by atoms with van der Waals surface area (Å²) >= 11 is 6.22. The molecular weight excluding hydrogens is 386 g/mol. The first-order chi connectivity index (χ1) is 13.3. The molecule has 0 radical (unpaired) electrons. The van der Waals surface area contributed by atoms with Crippen LogP contribution < -0.4 is 20.1 Å². The lowest BCUT2D eigenvalue weighted by Gasteiger charge is -2.20. The van der Waals surface area contributed by atoms with Gasteiger partial charge in [0.2, 0.25) is 0 Å². The van der Waals surface area contributed by atoms with Crippen molar-refractivity contribution in [1.29, 1.82) is 0 Å². The normalized spacial score (nSPS) is 12.6. The Hall–Kier alpha value is -3.00. The van der Waals surface area contributed by atoms with E-state index in [1.807, 2.05) is 13.8 Å². The van der Waals surface area contributed by atoms with E-state index >= 15 is 0 Å². The fourth-order valence-corrected chi connectivity index (χ4v) is 3.07. The number of anilines is 1. The van der Waals surface area contributed by atoms with Crippen molar-refractivity contribution < 1.29 is 19.2 Å². The highest BCUT2D eigenvalue weighted by atomic mass is 35.5. The van der Waals surface area contributed by atoms with Crippen molar-refractivity contribution in [2.75, 3.05) is 18.5 Å². The average Bonchev–Trinajstić information content (AvgIpc) is 2.65. The van der Waals surface area contributed by atoms with Crippen LogP contribution in [0.15, 0.2) is 30.3 Å². The third kappa shape index (κ3) is 4.45. The molecule has 0 spiro atoms. The van der Waals surface area contributed by atoms with Crippen LogP contribution >= 0.6 is 11.6 Å². The fourth-order valence-electron chi connectivity index (χ4n) is 2.78. The maximum Gasteiger partial charge on any atom is 0.293 e. The largest absolute Gasteiger partial charge is 0.486 e. The van der Waals surface area contributed by atoms with Crippen LogP contribution in [0.1, 0.15) is 29.8 Å². The minimum absolute atomic E-state index is 0.0655. The van der Waals surface area contributed by atoms with Crippen LogP contribution in [0.5, 0.6) is 11.5 Å². The quantitative estimate of drug-likeness (QED) is 0.560. The van der Waals surface area contributed by atoms with E-state index < -0.39 is 4.92 Å². The molecule has 1 heterocycles. The number of nitrogens with zero attached hydrogens (tertiary/aromatic N) is 1. The van der Waals surface area contributed by atoms with Gasteiger partial charge in [-0.25, -0.2) is 0 Å². The summed E-state index contributed by atoms with van der Waals surface area (Å²) in [4.78, 5) is 23.0. The highest BCUT2D eigenvalue weighted by Gasteiger charge is 2.19. The molecule has 28 heavy (non-hydrogen) atoms. The van der Waals surface area contributed by atoms with Crippen molar-refractivity contribution in [3.63, 3.8) is 0 Å². The summed E-state index contributed by atoms with van der Waals surface area (Å²) in [6.45, 7) is 4.80. The third-order valence-corrected chi connectivity index (χ3v) is 4.30. The lowest BCUT2D eigenvalue weighted by atomic mass is 10.1. The van der Waals surface area contributed by atoms with Crippen LogP contribution in [-0.2, 0) is 6.54 Å². The summed E-state index contributed by atoms with van der Waals surface area (Å²) in [6, 6.07) is 7.76. The van der Waals surface area contributed by atoms with Crippen molar-refractivity contribution in [2.24, 2.45) is 0 Å². The van der Waals surface area contributed by atoms with E-state index in [0.29, 0.717) is 35.4 Å². The van der Waals surface area contributed by atoms with E-state index in [9.17, 15) is 14.9 Å². The number of nitrogens with one attached hydrogen (secondary N) is 2. The van der Waals surface area contributed by atoms with Crippen molar-refractivity contribution in [1.82, 2.24) is 5.32 Å². The lowest BCUT2D eigenvalue weighted by molar-refractivity contribution is -0.384. The molecular formula is C19H20ClN3O5. The third-order valence-electron chi connectivity index (χ3n) is 4.02. The molecule has 0 unspecified atom stereocenters. The van der Waals surface area contributed by atoms with E-state index in [-0.39, 0.29) is 29.7 Å². The molecule has 148 valence electrons. The number of nitro groups is 1. The van der Waals surface area contributed by atoms with Crippen LogP contribution in [0.2, 0.25) is 5.02 Å². The SMILES string of the molecule is CC(C)NC(=O)c1ccc(NCc2cc(Cl)c3c(c2)OCCO3)c([N+](=O)[O-])c1. The van der Waals surface area contributed by atoms with Crippen LogP contribution in [0.25, 0.3) is 0 Å². The number of amides is 1. The Morgan fingerprint density at radius 1 is 1.25 bits per heavy atom. The summed E-state index contributed by atoms with van der Waals surface area (Å²) in [7, 11) is 0. The van der Waals surface area contributed by atoms with Gasteiger partial charge in [0.25, 0.3) is 11.6 Å². The molecule has 2 N–H and O–H groups in total. The second-order valence-corrected chi connectivity index (χ2v) is 6.98. The smallest absolute Gasteiger partial charge is 0.293 e. The molecule has 0 atom stereocenters. The number of nitro benzene ring substituents is 1. The van der Waals surface area contributed by atoms with E-state index in [1.165, 1.54) is 12.1 Å². The Kier molecular flexibility index (Phi) is 5.89. The standard InChI is InChI=1S/C19H20ClN3O5/c1-11(2)22-19(24)13-3-4-15(16(9-13)23(25)26)21-10-12-7-14(20)18-17(8-12)27-5-6-28-18/h3-4,7-9,11,21H,5-6,10H2,1-2H3,(H,22,24). The molecule has 2 aromatic carbocycles. The predicted octanol–water partition coefficient (Wildman–Crippen LogP) is 3.77. The molecule has 8 nitrogen and oxygen atoms in total. The summed E-state index contributed by atoms with van der Waals surface area (Å²) < 4.78 is 11.0. The Morgan fingerprint density at radius 3 is 2.71 bits per heavy atom. The van der Waals surface area contributed by atoms with Gasteiger partial charge in [-0.3, -0.25) is 14.9 Å². The molecule has 1 aliphatic heterocycles. The highest BCUT2D eigenvalue weighted by molar-refractivity contribution is 6.32. The number of carbonyl (C=O) groups excluding carboxylic acids is 1. The van der Waals surface area contributed by atoms with Crippen molar-refractivity contribution in [3.05, 3.63) is 56.6 Å². The monoisotopic (exact) mass is 405 g/mol. The first kappa shape index (κ1) is 19.8. The molecule has 1 amide bonds. The van der Waals surface area contributed by atoms with Crippen molar-refractivity contribution in [3.8, 4) is 11.5 Å². The van der Waals surface area contributed by atoms with Gasteiger partial charge in [0.1, 0.15) is 18.9 Å². The summed E-state index contributed by atoms with van der Waals surface area (Å²) in [6.07, 6.45) is 0. The van der Waals surface area contributed by atoms with Crippen LogP contribution in [0, 0.1) is 10.1 Å². The number of hydrogen-bond acceptors (Lipinski definition) is 6. The zero-order valence-electron chi connectivity index (χ0n) is 15.5. The van der Waals surface area contributed by atoms with Crippen LogP contribution in [0.4, 0.5) is 11.4 Å². The van der Waals surface area contributed by atoms with E-state index in [2.05, 4.69) is 10.6 Å².